The molecule has 0 spiro atoms. The summed E-state index contributed by atoms with van der Waals surface area (Å²) in [7, 11) is 0. The van der Waals surface area contributed by atoms with Gasteiger partial charge in [0.1, 0.15) is 0 Å². The fraction of sp³-hybridized carbons (Fsp3) is 0.909. The topological polar surface area (TPSA) is 40.5 Å². The minimum absolute atomic E-state index is 0.300. The van der Waals surface area contributed by atoms with E-state index in [1.807, 2.05) is 11.8 Å². The fourth-order valence-corrected chi connectivity index (χ4v) is 4.28. The fourth-order valence-electron chi connectivity index (χ4n) is 2.79. The molecular formula is C11H19NO2S. The predicted octanol–water partition coefficient (Wildman–Crippen LogP) is 1.68. The van der Waals surface area contributed by atoms with E-state index in [-0.39, 0.29) is 0 Å². The largest absolute Gasteiger partial charge is 0.481 e. The first-order valence-corrected chi connectivity index (χ1v) is 6.89. The van der Waals surface area contributed by atoms with Crippen molar-refractivity contribution in [3.05, 3.63) is 0 Å². The summed E-state index contributed by atoms with van der Waals surface area (Å²) < 4.78 is 0. The number of hydrogen-bond acceptors (Lipinski definition) is 3. The normalized spacial score (nSPS) is 37.3. The Morgan fingerprint density at radius 1 is 1.53 bits per heavy atom. The maximum Gasteiger partial charge on any atom is 0.304 e. The maximum atomic E-state index is 10.8. The number of nitrogens with zero attached hydrogens (tertiary/aromatic N) is 1. The molecule has 3 unspecified atom stereocenters. The van der Waals surface area contributed by atoms with Crippen LogP contribution < -0.4 is 0 Å². The van der Waals surface area contributed by atoms with Crippen LogP contribution in [0.15, 0.2) is 0 Å². The molecule has 0 aromatic heterocycles. The summed E-state index contributed by atoms with van der Waals surface area (Å²) >= 11 is 2.01. The number of carboxylic acid groups (broad SMARTS) is 1. The SMILES string of the molecule is CC1CSCC1N1CCCC1CC(=O)O. The van der Waals surface area contributed by atoms with Gasteiger partial charge in [0.25, 0.3) is 0 Å². The van der Waals surface area contributed by atoms with E-state index in [2.05, 4.69) is 11.8 Å². The van der Waals surface area contributed by atoms with E-state index < -0.39 is 5.97 Å². The third-order valence-electron chi connectivity index (χ3n) is 3.59. The highest BCUT2D eigenvalue weighted by atomic mass is 32.2. The second-order valence-electron chi connectivity index (χ2n) is 4.71. The molecule has 0 radical (unpaired) electrons. The molecule has 2 fully saturated rings. The zero-order valence-electron chi connectivity index (χ0n) is 9.19. The second-order valence-corrected chi connectivity index (χ2v) is 5.79. The van der Waals surface area contributed by atoms with Gasteiger partial charge >= 0.3 is 5.97 Å². The summed E-state index contributed by atoms with van der Waals surface area (Å²) in [4.78, 5) is 13.2. The minimum atomic E-state index is -0.648. The van der Waals surface area contributed by atoms with Crippen LogP contribution in [0.4, 0.5) is 0 Å². The zero-order chi connectivity index (χ0) is 10.8. The Morgan fingerprint density at radius 2 is 2.33 bits per heavy atom. The molecule has 2 aliphatic heterocycles. The van der Waals surface area contributed by atoms with Gasteiger partial charge in [0.15, 0.2) is 0 Å². The number of carbonyl (C=O) groups is 1. The summed E-state index contributed by atoms with van der Waals surface area (Å²) in [5.74, 6) is 2.51. The molecule has 0 amide bonds. The first kappa shape index (κ1) is 11.3. The van der Waals surface area contributed by atoms with Crippen LogP contribution >= 0.6 is 11.8 Å². The smallest absolute Gasteiger partial charge is 0.304 e. The summed E-state index contributed by atoms with van der Waals surface area (Å²) in [6.07, 6.45) is 2.57. The van der Waals surface area contributed by atoms with Gasteiger partial charge in [0.05, 0.1) is 6.42 Å². The standard InChI is InChI=1S/C11H19NO2S/c1-8-6-15-7-10(8)12-4-2-3-9(12)5-11(13)14/h8-10H,2-7H2,1H3,(H,13,14). The van der Waals surface area contributed by atoms with Crippen molar-refractivity contribution < 1.29 is 9.90 Å². The molecule has 0 aromatic rings. The molecule has 0 bridgehead atoms. The van der Waals surface area contributed by atoms with Crippen molar-refractivity contribution in [2.75, 3.05) is 18.1 Å². The molecule has 0 aliphatic carbocycles. The maximum absolute atomic E-state index is 10.8. The third kappa shape index (κ3) is 2.48. The third-order valence-corrected chi connectivity index (χ3v) is 4.92. The monoisotopic (exact) mass is 229 g/mol. The van der Waals surface area contributed by atoms with E-state index in [9.17, 15) is 4.79 Å². The highest BCUT2D eigenvalue weighted by Gasteiger charge is 2.36. The number of rotatable bonds is 3. The summed E-state index contributed by atoms with van der Waals surface area (Å²) in [5.41, 5.74) is 0. The van der Waals surface area contributed by atoms with Crippen LogP contribution in [0.5, 0.6) is 0 Å². The Balaban J connectivity index is 1.97. The Hall–Kier alpha value is -0.220. The van der Waals surface area contributed by atoms with Gasteiger partial charge in [0.2, 0.25) is 0 Å². The van der Waals surface area contributed by atoms with Gasteiger partial charge in [-0.2, -0.15) is 11.8 Å². The first-order chi connectivity index (χ1) is 7.18. The number of likely N-dealkylation sites (tertiary alicyclic amines) is 1. The van der Waals surface area contributed by atoms with Crippen molar-refractivity contribution in [2.24, 2.45) is 5.92 Å². The van der Waals surface area contributed by atoms with E-state index in [0.717, 1.165) is 18.9 Å². The Morgan fingerprint density at radius 3 is 2.93 bits per heavy atom. The molecule has 3 atom stereocenters. The van der Waals surface area contributed by atoms with Crippen LogP contribution in [-0.2, 0) is 4.79 Å². The Labute approximate surface area is 95.2 Å². The lowest BCUT2D eigenvalue weighted by Gasteiger charge is -2.31. The molecule has 2 rings (SSSR count). The molecule has 2 saturated heterocycles. The van der Waals surface area contributed by atoms with Gasteiger partial charge in [-0.05, 0) is 31.1 Å². The average Bonchev–Trinajstić information content (AvgIpc) is 2.73. The molecule has 15 heavy (non-hydrogen) atoms. The second kappa shape index (κ2) is 4.74. The molecular weight excluding hydrogens is 210 g/mol. The zero-order valence-corrected chi connectivity index (χ0v) is 10.0. The van der Waals surface area contributed by atoms with E-state index in [1.165, 1.54) is 17.9 Å². The van der Waals surface area contributed by atoms with Crippen molar-refractivity contribution in [1.29, 1.82) is 0 Å². The van der Waals surface area contributed by atoms with Crippen molar-refractivity contribution >= 4 is 17.7 Å². The number of aliphatic carboxylic acids is 1. The molecule has 0 saturated carbocycles. The van der Waals surface area contributed by atoms with Crippen molar-refractivity contribution in [3.8, 4) is 0 Å². The van der Waals surface area contributed by atoms with Crippen LogP contribution in [0.1, 0.15) is 26.2 Å². The van der Waals surface area contributed by atoms with Crippen molar-refractivity contribution in [3.63, 3.8) is 0 Å². The van der Waals surface area contributed by atoms with E-state index in [4.69, 9.17) is 5.11 Å². The van der Waals surface area contributed by atoms with E-state index >= 15 is 0 Å². The van der Waals surface area contributed by atoms with Crippen molar-refractivity contribution in [2.45, 2.75) is 38.3 Å². The molecule has 2 heterocycles. The molecule has 0 aromatic carbocycles. The van der Waals surface area contributed by atoms with E-state index in [1.54, 1.807) is 0 Å². The first-order valence-electron chi connectivity index (χ1n) is 5.73. The van der Waals surface area contributed by atoms with Gasteiger partial charge in [-0.15, -0.1) is 0 Å². The van der Waals surface area contributed by atoms with Gasteiger partial charge in [0, 0.05) is 17.8 Å². The summed E-state index contributed by atoms with van der Waals surface area (Å²) in [6.45, 7) is 3.40. The highest BCUT2D eigenvalue weighted by molar-refractivity contribution is 7.99. The van der Waals surface area contributed by atoms with Crippen LogP contribution in [0, 0.1) is 5.92 Å². The Kier molecular flexibility index (Phi) is 3.57. The lowest BCUT2D eigenvalue weighted by Crippen LogP contribution is -2.43. The minimum Gasteiger partial charge on any atom is -0.481 e. The molecule has 4 heteroatoms. The van der Waals surface area contributed by atoms with Crippen LogP contribution in [0.2, 0.25) is 0 Å². The van der Waals surface area contributed by atoms with Gasteiger partial charge < -0.3 is 5.11 Å². The highest BCUT2D eigenvalue weighted by Crippen LogP contribution is 2.33. The molecule has 86 valence electrons. The van der Waals surface area contributed by atoms with Crippen LogP contribution in [-0.4, -0.2) is 46.1 Å². The van der Waals surface area contributed by atoms with Crippen LogP contribution in [0.3, 0.4) is 0 Å². The average molecular weight is 229 g/mol. The van der Waals surface area contributed by atoms with Crippen LogP contribution in [0.25, 0.3) is 0 Å². The molecule has 1 N–H and O–H groups in total. The van der Waals surface area contributed by atoms with Gasteiger partial charge in [-0.1, -0.05) is 6.92 Å². The summed E-state index contributed by atoms with van der Waals surface area (Å²) in [5, 5.41) is 8.87. The summed E-state index contributed by atoms with van der Waals surface area (Å²) in [6, 6.07) is 0.926. The molecule has 3 nitrogen and oxygen atoms in total. The quantitative estimate of drug-likeness (QED) is 0.799. The molecule has 2 aliphatic rings. The number of hydrogen-bond donors (Lipinski definition) is 1. The predicted molar refractivity (Wildman–Crippen MR) is 62.3 cm³/mol. The lowest BCUT2D eigenvalue weighted by molar-refractivity contribution is -0.138. The lowest BCUT2D eigenvalue weighted by atomic mass is 10.0. The van der Waals surface area contributed by atoms with Crippen molar-refractivity contribution in [1.82, 2.24) is 4.90 Å². The van der Waals surface area contributed by atoms with Gasteiger partial charge in [-0.25, -0.2) is 0 Å². The Bertz CT molecular complexity index is 247. The number of thioether (sulfide) groups is 1. The van der Waals surface area contributed by atoms with E-state index in [0.29, 0.717) is 18.5 Å². The van der Waals surface area contributed by atoms with Gasteiger partial charge in [-0.3, -0.25) is 9.69 Å². The number of carboxylic acids is 1.